The zero-order chi connectivity index (χ0) is 49.1. The van der Waals surface area contributed by atoms with Gasteiger partial charge < -0.3 is 14.2 Å². The number of carbonyl (C=O) groups excluding carboxylic acids is 3. The number of nitrogens with zero attached hydrogens (tertiary/aromatic N) is 1. The molecule has 0 bridgehead atoms. The van der Waals surface area contributed by atoms with Crippen molar-refractivity contribution in [2.45, 2.75) is 368 Å². The molecular weight excluding hydrogens is 831 g/mol. The maximum absolute atomic E-state index is 13.1. The maximum Gasteiger partial charge on any atom is 0.307 e. The largest absolute Gasteiger partial charge is 0.446 e. The number of carbonyl (C=O) groups is 3. The highest BCUT2D eigenvalue weighted by Gasteiger charge is 2.32. The molecule has 7 nitrogen and oxygen atoms in total. The Labute approximate surface area is 418 Å². The smallest absolute Gasteiger partial charge is 0.307 e. The molecule has 0 radical (unpaired) electrons. The van der Waals surface area contributed by atoms with Crippen molar-refractivity contribution in [3.8, 4) is 0 Å². The van der Waals surface area contributed by atoms with Crippen LogP contribution in [-0.2, 0) is 28.6 Å². The Morgan fingerprint density at radius 2 is 0.388 bits per heavy atom. The molecule has 3 unspecified atom stereocenters. The second-order valence-electron chi connectivity index (χ2n) is 20.8. The Morgan fingerprint density at radius 3 is 0.537 bits per heavy atom. The first kappa shape index (κ1) is 65.4. The molecule has 0 amide bonds. The summed E-state index contributed by atoms with van der Waals surface area (Å²) in [6, 6.07) is 0. The van der Waals surface area contributed by atoms with Crippen LogP contribution in [0.4, 0.5) is 0 Å². The summed E-state index contributed by atoms with van der Waals surface area (Å²) in [5.41, 5.74) is 0. The molecule has 0 fully saturated rings. The van der Waals surface area contributed by atoms with Crippen LogP contribution in [0.1, 0.15) is 350 Å². The predicted octanol–water partition coefficient (Wildman–Crippen LogP) is 19.7. The molecule has 0 aliphatic rings. The molecule has 0 N–H and O–H groups in total. The van der Waals surface area contributed by atoms with E-state index < -0.39 is 18.7 Å². The summed E-state index contributed by atoms with van der Waals surface area (Å²) < 4.78 is 17.8. The van der Waals surface area contributed by atoms with E-state index in [0.717, 1.165) is 57.8 Å². The normalized spacial score (nSPS) is 12.9. The lowest BCUT2D eigenvalue weighted by Crippen LogP contribution is -2.51. The van der Waals surface area contributed by atoms with Crippen molar-refractivity contribution in [3.05, 3.63) is 0 Å². The van der Waals surface area contributed by atoms with Gasteiger partial charge in [-0.05, 0) is 40.0 Å². The maximum atomic E-state index is 13.1. The third-order valence-corrected chi connectivity index (χ3v) is 14.1. The first-order valence-corrected chi connectivity index (χ1v) is 30.1. The van der Waals surface area contributed by atoms with Crippen LogP contribution in [0, 0.1) is 0 Å². The molecule has 0 aliphatic heterocycles. The van der Waals surface area contributed by atoms with Gasteiger partial charge in [-0.1, -0.05) is 290 Å². The van der Waals surface area contributed by atoms with Gasteiger partial charge >= 0.3 is 17.9 Å². The lowest BCUT2D eigenvalue weighted by molar-refractivity contribution is -0.212. The van der Waals surface area contributed by atoms with Crippen molar-refractivity contribution in [2.24, 2.45) is 0 Å². The summed E-state index contributed by atoms with van der Waals surface area (Å²) in [4.78, 5) is 40.9. The molecular formula is C60H117NO6. The highest BCUT2D eigenvalue weighted by Crippen LogP contribution is 2.21. The average Bonchev–Trinajstić information content (AvgIpc) is 3.30. The van der Waals surface area contributed by atoms with Crippen molar-refractivity contribution < 1.29 is 28.6 Å². The number of ether oxygens (including phenoxy) is 3. The summed E-state index contributed by atoms with van der Waals surface area (Å²) in [7, 11) is 0. The van der Waals surface area contributed by atoms with E-state index in [2.05, 4.69) is 20.8 Å². The van der Waals surface area contributed by atoms with E-state index in [1.54, 1.807) is 25.7 Å². The Balaban J connectivity index is 4.65. The summed E-state index contributed by atoms with van der Waals surface area (Å²) in [6.07, 6.45) is 56.4. The topological polar surface area (TPSA) is 82.1 Å². The Kier molecular flexibility index (Phi) is 50.9. The standard InChI is InChI=1S/C60H117NO6/c1-7-10-13-16-19-22-25-28-31-34-37-40-43-46-49-52-58(62)65-55(4)61(56(5)66-59(63)53-50-47-44-41-38-35-32-29-26-23-20-17-14-11-8-2)57(6)67-60(64)54-51-48-45-42-39-36-33-30-27-24-21-18-15-12-9-3/h55-57H,7-54H2,1-6H3. The van der Waals surface area contributed by atoms with E-state index in [1.807, 2.05) is 0 Å². The molecule has 0 aliphatic carbocycles. The SMILES string of the molecule is CCCCCCCCCCCCCCCCCC(=O)OC(C)N(C(C)OC(=O)CCCCCCCCCCCCCCCCC)C(C)OC(=O)CCCCCCCCCCCCCCCCC. The fraction of sp³-hybridized carbons (Fsp3) is 0.950. The fourth-order valence-corrected chi connectivity index (χ4v) is 9.74. The van der Waals surface area contributed by atoms with Crippen LogP contribution in [0.2, 0.25) is 0 Å². The highest BCUT2D eigenvalue weighted by molar-refractivity contribution is 5.70. The van der Waals surface area contributed by atoms with Crippen LogP contribution in [0.5, 0.6) is 0 Å². The Morgan fingerprint density at radius 1 is 0.254 bits per heavy atom. The second-order valence-corrected chi connectivity index (χ2v) is 20.8. The average molecular weight is 949 g/mol. The summed E-state index contributed by atoms with van der Waals surface area (Å²) in [5.74, 6) is -0.792. The molecule has 0 aromatic carbocycles. The molecule has 7 heteroatoms. The van der Waals surface area contributed by atoms with Gasteiger partial charge in [0.1, 0.15) is 0 Å². The van der Waals surface area contributed by atoms with Gasteiger partial charge in [0.25, 0.3) is 0 Å². The number of esters is 3. The van der Waals surface area contributed by atoms with Gasteiger partial charge in [0.15, 0.2) is 18.7 Å². The predicted molar refractivity (Wildman–Crippen MR) is 287 cm³/mol. The molecule has 0 rings (SSSR count). The van der Waals surface area contributed by atoms with Crippen molar-refractivity contribution >= 4 is 17.9 Å². The Bertz CT molecular complexity index is 923. The van der Waals surface area contributed by atoms with E-state index in [-0.39, 0.29) is 17.9 Å². The van der Waals surface area contributed by atoms with Gasteiger partial charge in [-0.3, -0.25) is 14.4 Å². The first-order valence-electron chi connectivity index (χ1n) is 30.1. The van der Waals surface area contributed by atoms with Crippen molar-refractivity contribution in [1.82, 2.24) is 4.90 Å². The molecule has 0 saturated carbocycles. The fourth-order valence-electron chi connectivity index (χ4n) is 9.74. The van der Waals surface area contributed by atoms with Gasteiger partial charge in [0.05, 0.1) is 0 Å². The van der Waals surface area contributed by atoms with Crippen molar-refractivity contribution in [1.29, 1.82) is 0 Å². The van der Waals surface area contributed by atoms with Gasteiger partial charge in [0, 0.05) is 19.3 Å². The highest BCUT2D eigenvalue weighted by atomic mass is 16.6. The second kappa shape index (κ2) is 52.2. The molecule has 67 heavy (non-hydrogen) atoms. The first-order chi connectivity index (χ1) is 32.8. The zero-order valence-electron chi connectivity index (χ0n) is 46.1. The van der Waals surface area contributed by atoms with E-state index in [1.165, 1.54) is 231 Å². The Hall–Kier alpha value is -1.63. The lowest BCUT2D eigenvalue weighted by Gasteiger charge is -2.37. The molecule has 0 aromatic rings. The molecule has 398 valence electrons. The molecule has 0 aromatic heterocycles. The molecule has 3 atom stereocenters. The molecule has 0 spiro atoms. The number of hydrogen-bond acceptors (Lipinski definition) is 7. The monoisotopic (exact) mass is 948 g/mol. The van der Waals surface area contributed by atoms with Crippen LogP contribution in [-0.4, -0.2) is 41.5 Å². The molecule has 0 saturated heterocycles. The van der Waals surface area contributed by atoms with E-state index in [4.69, 9.17) is 14.2 Å². The van der Waals surface area contributed by atoms with E-state index >= 15 is 0 Å². The summed E-state index contributed by atoms with van der Waals surface area (Å²) >= 11 is 0. The van der Waals surface area contributed by atoms with Gasteiger partial charge in [0.2, 0.25) is 0 Å². The summed E-state index contributed by atoms with van der Waals surface area (Å²) in [5, 5.41) is 0. The van der Waals surface area contributed by atoms with E-state index in [9.17, 15) is 14.4 Å². The third kappa shape index (κ3) is 46.5. The molecule has 0 heterocycles. The zero-order valence-corrected chi connectivity index (χ0v) is 46.1. The van der Waals surface area contributed by atoms with Crippen LogP contribution in [0.25, 0.3) is 0 Å². The number of unbranched alkanes of at least 4 members (excludes halogenated alkanes) is 42. The van der Waals surface area contributed by atoms with Crippen LogP contribution >= 0.6 is 0 Å². The number of hydrogen-bond donors (Lipinski definition) is 0. The van der Waals surface area contributed by atoms with E-state index in [0.29, 0.717) is 19.3 Å². The summed E-state index contributed by atoms with van der Waals surface area (Å²) in [6.45, 7) is 12.2. The van der Waals surface area contributed by atoms with Gasteiger partial charge in [-0.15, -0.1) is 0 Å². The minimum atomic E-state index is -0.717. The van der Waals surface area contributed by atoms with Crippen LogP contribution < -0.4 is 0 Å². The number of rotatable bonds is 54. The minimum Gasteiger partial charge on any atom is -0.446 e. The quantitative estimate of drug-likeness (QED) is 0.0260. The van der Waals surface area contributed by atoms with Crippen LogP contribution in [0.3, 0.4) is 0 Å². The van der Waals surface area contributed by atoms with Crippen molar-refractivity contribution in [2.75, 3.05) is 0 Å². The van der Waals surface area contributed by atoms with Gasteiger partial charge in [-0.25, -0.2) is 0 Å². The lowest BCUT2D eigenvalue weighted by atomic mass is 10.0. The van der Waals surface area contributed by atoms with Crippen LogP contribution in [0.15, 0.2) is 0 Å². The van der Waals surface area contributed by atoms with Crippen molar-refractivity contribution in [3.63, 3.8) is 0 Å². The van der Waals surface area contributed by atoms with Gasteiger partial charge in [-0.2, -0.15) is 4.90 Å². The minimum absolute atomic E-state index is 0.264. The third-order valence-electron chi connectivity index (χ3n) is 14.1.